The largest absolute Gasteiger partial charge is 0.380 e. The van der Waals surface area contributed by atoms with Gasteiger partial charge in [0.25, 0.3) is 11.8 Å². The van der Waals surface area contributed by atoms with Crippen molar-refractivity contribution in [2.24, 2.45) is 0 Å². The molecule has 2 aliphatic rings. The number of carbonyl (C=O) groups is 2. The molecule has 9 heteroatoms. The molecule has 0 saturated carbocycles. The number of hydrogen-bond donors (Lipinski definition) is 1. The van der Waals surface area contributed by atoms with Crippen molar-refractivity contribution in [3.8, 4) is 0 Å². The summed E-state index contributed by atoms with van der Waals surface area (Å²) in [6, 6.07) is 19.2. The number of nitrogens with one attached hydrogen (secondary N) is 1. The third-order valence-electron chi connectivity index (χ3n) is 7.23. The van der Waals surface area contributed by atoms with Crippen LogP contribution in [-0.2, 0) is 0 Å². The highest BCUT2D eigenvalue weighted by atomic mass is 35.5. The van der Waals surface area contributed by atoms with E-state index in [0.29, 0.717) is 56.4 Å². The Morgan fingerprint density at radius 1 is 0.744 bits per heavy atom. The van der Waals surface area contributed by atoms with E-state index in [4.69, 9.17) is 11.6 Å². The third-order valence-corrected chi connectivity index (χ3v) is 7.49. The summed E-state index contributed by atoms with van der Waals surface area (Å²) in [7, 11) is 0. The molecule has 3 heterocycles. The Bertz CT molecular complexity index is 1280. The van der Waals surface area contributed by atoms with Gasteiger partial charge in [0.1, 0.15) is 0 Å². The number of benzene rings is 2. The molecule has 2 fully saturated rings. The lowest BCUT2D eigenvalue weighted by Gasteiger charge is -2.36. The zero-order valence-electron chi connectivity index (χ0n) is 22.5. The normalized spacial score (nSPS) is 16.0. The predicted molar refractivity (Wildman–Crippen MR) is 157 cm³/mol. The van der Waals surface area contributed by atoms with Gasteiger partial charge in [-0.05, 0) is 74.5 Å². The van der Waals surface area contributed by atoms with Gasteiger partial charge in [0.2, 0.25) is 0 Å². The Morgan fingerprint density at radius 2 is 1.26 bits per heavy atom. The van der Waals surface area contributed by atoms with Crippen LogP contribution >= 0.6 is 11.6 Å². The summed E-state index contributed by atoms with van der Waals surface area (Å²) in [6.45, 7) is 9.72. The first-order valence-electron chi connectivity index (χ1n) is 13.5. The van der Waals surface area contributed by atoms with E-state index in [-0.39, 0.29) is 11.8 Å². The Hall–Kier alpha value is -3.78. The summed E-state index contributed by atoms with van der Waals surface area (Å²) in [6.07, 6.45) is 1.81. The van der Waals surface area contributed by atoms with Gasteiger partial charge < -0.3 is 24.9 Å². The van der Waals surface area contributed by atoms with Gasteiger partial charge in [0.15, 0.2) is 5.82 Å². The number of anilines is 3. The Balaban J connectivity index is 1.14. The van der Waals surface area contributed by atoms with Crippen molar-refractivity contribution in [1.29, 1.82) is 0 Å². The topological polar surface area (TPSA) is 72.0 Å². The molecular weight excluding hydrogens is 512 g/mol. The van der Waals surface area contributed by atoms with Gasteiger partial charge in [0, 0.05) is 86.4 Å². The second-order valence-electron chi connectivity index (χ2n) is 10.3. The zero-order valence-corrected chi connectivity index (χ0v) is 23.3. The fraction of sp³-hybridized carbons (Fsp3) is 0.367. The highest BCUT2D eigenvalue weighted by Gasteiger charge is 2.26. The SMILES string of the molecule is CC(C)Nc1cccnc1N1CCN(C(=O)c2ccc(C(=O)N3CCN(c4ccc(Cl)cc4)CC3)cc2)CC1. The van der Waals surface area contributed by atoms with Gasteiger partial charge in [-0.2, -0.15) is 0 Å². The van der Waals surface area contributed by atoms with Crippen molar-refractivity contribution < 1.29 is 9.59 Å². The Labute approximate surface area is 235 Å². The lowest BCUT2D eigenvalue weighted by atomic mass is 10.1. The molecule has 2 aliphatic heterocycles. The molecule has 0 spiro atoms. The minimum Gasteiger partial charge on any atom is -0.380 e. The molecule has 1 N–H and O–H groups in total. The molecule has 2 amide bonds. The van der Waals surface area contributed by atoms with Crippen LogP contribution in [0, 0.1) is 0 Å². The van der Waals surface area contributed by atoms with E-state index in [1.807, 2.05) is 46.2 Å². The number of rotatable bonds is 6. The van der Waals surface area contributed by atoms with Crippen LogP contribution < -0.4 is 15.1 Å². The molecule has 204 valence electrons. The highest BCUT2D eigenvalue weighted by molar-refractivity contribution is 6.30. The molecular formula is C30H35ClN6O2. The van der Waals surface area contributed by atoms with Crippen LogP contribution in [0.1, 0.15) is 34.6 Å². The van der Waals surface area contributed by atoms with Crippen LogP contribution in [0.3, 0.4) is 0 Å². The van der Waals surface area contributed by atoms with Crippen molar-refractivity contribution in [3.05, 3.63) is 83.0 Å². The standard InChI is InChI=1S/C30H35ClN6O2/c1-22(2)33-27-4-3-13-32-28(27)35-16-20-37(21-17-35)30(39)24-7-5-23(6-8-24)29(38)36-18-14-34(15-19-36)26-11-9-25(31)10-12-26/h3-13,22,33H,14-21H2,1-2H3. The number of nitrogens with zero attached hydrogens (tertiary/aromatic N) is 5. The van der Waals surface area contributed by atoms with Gasteiger partial charge in [0.05, 0.1) is 5.69 Å². The highest BCUT2D eigenvalue weighted by Crippen LogP contribution is 2.25. The Kier molecular flexibility index (Phi) is 8.21. The number of halogens is 1. The first-order valence-corrected chi connectivity index (χ1v) is 13.9. The smallest absolute Gasteiger partial charge is 0.253 e. The molecule has 39 heavy (non-hydrogen) atoms. The number of hydrogen-bond acceptors (Lipinski definition) is 6. The summed E-state index contributed by atoms with van der Waals surface area (Å²) in [5.74, 6) is 0.918. The van der Waals surface area contributed by atoms with E-state index in [0.717, 1.165) is 35.3 Å². The molecule has 3 aromatic rings. The maximum absolute atomic E-state index is 13.2. The summed E-state index contributed by atoms with van der Waals surface area (Å²) in [5.41, 5.74) is 3.34. The third kappa shape index (κ3) is 6.28. The monoisotopic (exact) mass is 546 g/mol. The molecule has 0 unspecified atom stereocenters. The van der Waals surface area contributed by atoms with Gasteiger partial charge in [-0.25, -0.2) is 4.98 Å². The summed E-state index contributed by atoms with van der Waals surface area (Å²) < 4.78 is 0. The average Bonchev–Trinajstić information content (AvgIpc) is 2.97. The molecule has 0 aliphatic carbocycles. The van der Waals surface area contributed by atoms with Crippen LogP contribution in [0.25, 0.3) is 0 Å². The molecule has 2 saturated heterocycles. The first kappa shape index (κ1) is 26.8. The number of pyridine rings is 1. The van der Waals surface area contributed by atoms with Crippen molar-refractivity contribution in [1.82, 2.24) is 14.8 Å². The fourth-order valence-corrected chi connectivity index (χ4v) is 5.26. The first-order chi connectivity index (χ1) is 18.9. The van der Waals surface area contributed by atoms with Crippen LogP contribution in [0.2, 0.25) is 5.02 Å². The zero-order chi connectivity index (χ0) is 27.4. The van der Waals surface area contributed by atoms with Crippen LogP contribution in [0.4, 0.5) is 17.2 Å². The molecule has 5 rings (SSSR count). The number of piperazine rings is 2. The maximum atomic E-state index is 13.2. The van der Waals surface area contributed by atoms with Crippen molar-refractivity contribution in [2.75, 3.05) is 67.5 Å². The predicted octanol–water partition coefficient (Wildman–Crippen LogP) is 4.48. The van der Waals surface area contributed by atoms with Crippen LogP contribution in [-0.4, -0.2) is 85.0 Å². The summed E-state index contributed by atoms with van der Waals surface area (Å²) in [4.78, 5) is 39.1. The molecule has 1 aromatic heterocycles. The lowest BCUT2D eigenvalue weighted by Crippen LogP contribution is -2.49. The summed E-state index contributed by atoms with van der Waals surface area (Å²) in [5, 5.41) is 4.17. The summed E-state index contributed by atoms with van der Waals surface area (Å²) >= 11 is 6.00. The molecule has 0 atom stereocenters. The lowest BCUT2D eigenvalue weighted by molar-refractivity contribution is 0.0734. The van der Waals surface area contributed by atoms with Gasteiger partial charge in [-0.1, -0.05) is 11.6 Å². The van der Waals surface area contributed by atoms with Crippen LogP contribution in [0.5, 0.6) is 0 Å². The second-order valence-corrected chi connectivity index (χ2v) is 10.7. The van der Waals surface area contributed by atoms with E-state index in [1.165, 1.54) is 0 Å². The minimum atomic E-state index is -0.00761. The minimum absolute atomic E-state index is 0.000424. The van der Waals surface area contributed by atoms with Crippen molar-refractivity contribution in [2.45, 2.75) is 19.9 Å². The van der Waals surface area contributed by atoms with Gasteiger partial charge in [-0.3, -0.25) is 9.59 Å². The number of amides is 2. The molecule has 0 radical (unpaired) electrons. The molecule has 2 aromatic carbocycles. The van der Waals surface area contributed by atoms with E-state index in [9.17, 15) is 9.59 Å². The van der Waals surface area contributed by atoms with Crippen LogP contribution in [0.15, 0.2) is 66.9 Å². The number of carbonyl (C=O) groups excluding carboxylic acids is 2. The maximum Gasteiger partial charge on any atom is 0.253 e. The quantitative estimate of drug-likeness (QED) is 0.491. The van der Waals surface area contributed by atoms with E-state index >= 15 is 0 Å². The number of aromatic nitrogens is 1. The van der Waals surface area contributed by atoms with E-state index in [2.05, 4.69) is 33.9 Å². The molecule has 8 nitrogen and oxygen atoms in total. The van der Waals surface area contributed by atoms with Crippen molar-refractivity contribution in [3.63, 3.8) is 0 Å². The van der Waals surface area contributed by atoms with Crippen molar-refractivity contribution >= 4 is 40.6 Å². The van der Waals surface area contributed by atoms with Gasteiger partial charge in [-0.15, -0.1) is 0 Å². The second kappa shape index (κ2) is 11.9. The van der Waals surface area contributed by atoms with E-state index in [1.54, 1.807) is 30.5 Å². The molecule has 0 bridgehead atoms. The van der Waals surface area contributed by atoms with E-state index < -0.39 is 0 Å². The average molecular weight is 547 g/mol. The van der Waals surface area contributed by atoms with Gasteiger partial charge >= 0.3 is 0 Å². The Morgan fingerprint density at radius 3 is 1.77 bits per heavy atom. The fourth-order valence-electron chi connectivity index (χ4n) is 5.13.